The van der Waals surface area contributed by atoms with Crippen molar-refractivity contribution < 1.29 is 63.0 Å². The van der Waals surface area contributed by atoms with Gasteiger partial charge in [0.2, 0.25) is 0 Å². The fourth-order valence-electron chi connectivity index (χ4n) is 0. The second kappa shape index (κ2) is 16.3. The van der Waals surface area contributed by atoms with Gasteiger partial charge in [-0.15, -0.1) is 0 Å². The van der Waals surface area contributed by atoms with Crippen LogP contribution in [0.25, 0.3) is 0 Å². The van der Waals surface area contributed by atoms with Crippen LogP contribution in [0.2, 0.25) is 0 Å². The Hall–Kier alpha value is 3.23. The van der Waals surface area contributed by atoms with E-state index in [-0.39, 0.29) is 92.1 Å². The predicted molar refractivity (Wildman–Crippen MR) is 8.66 cm³/mol. The van der Waals surface area contributed by atoms with Crippen LogP contribution in [-0.2, 0) is 19.8 Å². The maximum Gasteiger partial charge on any atom is 0 e. The van der Waals surface area contributed by atoms with Crippen LogP contribution in [0.1, 0.15) is 2.85 Å². The molecule has 0 saturated heterocycles. The Labute approximate surface area is 109 Å². The van der Waals surface area contributed by atoms with Gasteiger partial charge in [-0.3, -0.25) is 0 Å². The minimum atomic E-state index is 0. The molecule has 0 heterocycles. The zero-order chi connectivity index (χ0) is 2.00. The van der Waals surface area contributed by atoms with Crippen LogP contribution >= 0.6 is 0 Å². The Morgan fingerprint density at radius 3 is 1.50 bits per heavy atom. The van der Waals surface area contributed by atoms with E-state index in [4.69, 9.17) is 3.83 Å². The van der Waals surface area contributed by atoms with Gasteiger partial charge in [0.15, 0.2) is 0 Å². The molecule has 0 aromatic carbocycles. The zero-order valence-corrected chi connectivity index (χ0v) is 10.1. The van der Waals surface area contributed by atoms with Crippen molar-refractivity contribution in [3.05, 3.63) is 0 Å². The monoisotopic (exact) mass is 364 g/mol. The summed E-state index contributed by atoms with van der Waals surface area (Å²) in [5.41, 5.74) is 0. The molecule has 0 aliphatic heterocycles. The fraction of sp³-hybridized carbons (Fsp3) is 0. The van der Waals surface area contributed by atoms with Crippen molar-refractivity contribution in [2.75, 3.05) is 0 Å². The first-order valence-electron chi connectivity index (χ1n) is 0.123. The molecule has 0 aliphatic rings. The van der Waals surface area contributed by atoms with Crippen molar-refractivity contribution >= 4 is 48.9 Å². The molecule has 0 N–H and O–H groups in total. The van der Waals surface area contributed by atoms with Gasteiger partial charge in [0.05, 0.1) is 0 Å². The van der Waals surface area contributed by atoms with Crippen LogP contribution in [-0.4, -0.2) is 48.9 Å². The molecular weight excluding hydrogens is 362 g/mol. The van der Waals surface area contributed by atoms with Crippen LogP contribution in [0.5, 0.6) is 0 Å². The molecule has 0 unspecified atom stereocenters. The molecule has 0 fully saturated rings. The third-order valence-corrected chi connectivity index (χ3v) is 0. The van der Waals surface area contributed by atoms with E-state index in [0.29, 0.717) is 0 Å². The minimum Gasteiger partial charge on any atom is 0 e. The van der Waals surface area contributed by atoms with Gasteiger partial charge < -0.3 is 2.85 Å². The third-order valence-electron chi connectivity index (χ3n) is 0. The van der Waals surface area contributed by atoms with Crippen molar-refractivity contribution in [1.82, 2.24) is 0 Å². The number of rotatable bonds is 0. The third kappa shape index (κ3) is 8.97. The van der Waals surface area contributed by atoms with Crippen molar-refractivity contribution in [2.45, 2.75) is 0 Å². The molecular formula is H2BaCuOPm. The molecule has 4 heavy (non-hydrogen) atoms. The SMILES string of the molecule is [Ba+2].[H-].[H-].[O]=[Cu].[Pm]. The molecule has 0 saturated carbocycles. The molecule has 0 aliphatic carbocycles. The number of hydrogen-bond donors (Lipinski definition) is 0. The summed E-state index contributed by atoms with van der Waals surface area (Å²) in [6, 6.07) is 0. The van der Waals surface area contributed by atoms with Gasteiger partial charge in [0.1, 0.15) is 0 Å². The maximum absolute atomic E-state index is 7.81. The van der Waals surface area contributed by atoms with Crippen LogP contribution in [0.15, 0.2) is 0 Å². The van der Waals surface area contributed by atoms with Gasteiger partial charge in [0, 0.05) is 40.4 Å². The largest absolute Gasteiger partial charge is 0 e. The Kier molecular flexibility index (Phi) is 64.0. The summed E-state index contributed by atoms with van der Waals surface area (Å²) in [7, 11) is 0. The normalized spacial score (nSPS) is 1.50. The molecule has 0 atom stereocenters. The van der Waals surface area contributed by atoms with Crippen LogP contribution in [0.4, 0.5) is 0 Å². The summed E-state index contributed by atoms with van der Waals surface area (Å²) in [6.07, 6.45) is 0. The smallest absolute Gasteiger partial charge is 0 e. The van der Waals surface area contributed by atoms with Gasteiger partial charge in [-0.1, -0.05) is 0 Å². The van der Waals surface area contributed by atoms with E-state index < -0.39 is 0 Å². The van der Waals surface area contributed by atoms with Gasteiger partial charge in [-0.05, 0) is 0 Å². The first kappa shape index (κ1) is 15.7. The van der Waals surface area contributed by atoms with Gasteiger partial charge in [-0.2, -0.15) is 0 Å². The van der Waals surface area contributed by atoms with Gasteiger partial charge in [0.25, 0.3) is 0 Å². The van der Waals surface area contributed by atoms with E-state index in [1.54, 1.807) is 0 Å². The molecule has 0 spiro atoms. The summed E-state index contributed by atoms with van der Waals surface area (Å²) in [4.78, 5) is 0. The molecule has 0 aromatic heterocycles. The second-order valence-electron chi connectivity index (χ2n) is 0. The molecule has 4 heteroatoms. The maximum atomic E-state index is 7.81. The van der Waals surface area contributed by atoms with Crippen LogP contribution in [0.3, 0.4) is 0 Å². The first-order valence-corrected chi connectivity index (χ1v) is 0.508. The average molecular weight is 364 g/mol. The summed E-state index contributed by atoms with van der Waals surface area (Å²) >= 11 is 2.94. The summed E-state index contributed by atoms with van der Waals surface area (Å²) in [6.45, 7) is 0. The van der Waals surface area contributed by atoms with Gasteiger partial charge >= 0.3 is 68.7 Å². The quantitative estimate of drug-likeness (QED) is 0.541. The van der Waals surface area contributed by atoms with E-state index >= 15 is 0 Å². The van der Waals surface area contributed by atoms with Crippen molar-refractivity contribution in [1.29, 1.82) is 0 Å². The zero-order valence-electron chi connectivity index (χ0n) is 3.86. The molecule has 26 valence electrons. The van der Waals surface area contributed by atoms with E-state index in [1.807, 2.05) is 0 Å². The van der Waals surface area contributed by atoms with Crippen LogP contribution in [0, 0.1) is 40.4 Å². The Morgan fingerprint density at radius 2 is 1.50 bits per heavy atom. The summed E-state index contributed by atoms with van der Waals surface area (Å²) < 4.78 is 7.81. The van der Waals surface area contributed by atoms with E-state index in [2.05, 4.69) is 15.9 Å². The first-order chi connectivity index (χ1) is 1.00. The predicted octanol–water partition coefficient (Wildman–Crippen LogP) is -0.277. The van der Waals surface area contributed by atoms with E-state index in [0.717, 1.165) is 0 Å². The number of hydrogen-bond acceptors (Lipinski definition) is 1. The molecule has 0 aromatic rings. The molecule has 1 nitrogen and oxygen atoms in total. The topological polar surface area (TPSA) is 17.1 Å². The Balaban J connectivity index is -0.000000000833. The van der Waals surface area contributed by atoms with Crippen molar-refractivity contribution in [2.24, 2.45) is 0 Å². The Morgan fingerprint density at radius 1 is 1.50 bits per heavy atom. The van der Waals surface area contributed by atoms with Crippen molar-refractivity contribution in [3.63, 3.8) is 0 Å². The summed E-state index contributed by atoms with van der Waals surface area (Å²) in [5.74, 6) is 0. The fourth-order valence-corrected chi connectivity index (χ4v) is 0. The molecule has 0 rings (SSSR count). The van der Waals surface area contributed by atoms with Gasteiger partial charge in [-0.25, -0.2) is 0 Å². The van der Waals surface area contributed by atoms with E-state index in [1.165, 1.54) is 0 Å². The van der Waals surface area contributed by atoms with Crippen LogP contribution < -0.4 is 0 Å². The minimum absolute atomic E-state index is 0. The molecule has 1 radical (unpaired) electrons. The summed E-state index contributed by atoms with van der Waals surface area (Å²) in [5, 5.41) is 0. The van der Waals surface area contributed by atoms with E-state index in [9.17, 15) is 0 Å². The average Bonchev–Trinajstić information content (AvgIpc) is 1.00. The van der Waals surface area contributed by atoms with Crippen molar-refractivity contribution in [3.8, 4) is 0 Å². The molecule has 0 amide bonds. The molecule has 0 bridgehead atoms. The Bertz CT molecular complexity index is 13.5. The second-order valence-corrected chi connectivity index (χ2v) is 0. The standard InChI is InChI=1S/Ba.Cu.O.Pm.2H/q+2;;;;2*-1.